The molecular weight excluding hydrogens is 143 g/mol. The van der Waals surface area contributed by atoms with Crippen molar-refractivity contribution in [1.29, 1.82) is 0 Å². The Hall–Kier alpha value is -0.340. The third-order valence-corrected chi connectivity index (χ3v) is 1.07. The zero-order valence-corrected chi connectivity index (χ0v) is 6.44. The van der Waals surface area contributed by atoms with E-state index in [1.54, 1.807) is 0 Å². The Morgan fingerprint density at radius 1 is 1.67 bits per heavy atom. The Morgan fingerprint density at radius 3 is 2.56 bits per heavy atom. The molecule has 0 radical (unpaired) electrons. The van der Waals surface area contributed by atoms with Gasteiger partial charge in [-0.3, -0.25) is 13.9 Å². The molecule has 0 saturated heterocycles. The minimum absolute atomic E-state index is 0.435. The van der Waals surface area contributed by atoms with Gasteiger partial charge in [0, 0.05) is 6.92 Å². The Kier molecular flexibility index (Phi) is 4.36. The van der Waals surface area contributed by atoms with Crippen LogP contribution in [0.5, 0.6) is 0 Å². The van der Waals surface area contributed by atoms with Gasteiger partial charge in [-0.25, -0.2) is 0 Å². The summed E-state index contributed by atoms with van der Waals surface area (Å²) in [4.78, 5) is 10.1. The molecule has 0 saturated carbocycles. The number of ether oxygens (including phenoxy) is 1. The van der Waals surface area contributed by atoms with Crippen LogP contribution < -0.4 is 0 Å². The van der Waals surface area contributed by atoms with E-state index in [4.69, 9.17) is 0 Å². The molecule has 0 spiro atoms. The van der Waals surface area contributed by atoms with E-state index in [1.165, 1.54) is 13.8 Å². The quantitative estimate of drug-likeness (QED) is 0.337. The van der Waals surface area contributed by atoms with Gasteiger partial charge in [0.05, 0.1) is 0 Å². The molecule has 0 aliphatic heterocycles. The van der Waals surface area contributed by atoms with Crippen LogP contribution >= 0.6 is 8.69 Å². The van der Waals surface area contributed by atoms with E-state index < -0.39 is 20.9 Å². The van der Waals surface area contributed by atoms with Crippen molar-refractivity contribution in [3.8, 4) is 0 Å². The van der Waals surface area contributed by atoms with Gasteiger partial charge in [0.2, 0.25) is 6.29 Å². The van der Waals surface area contributed by atoms with Gasteiger partial charge in [-0.15, -0.1) is 0 Å². The lowest BCUT2D eigenvalue weighted by Crippen LogP contribution is -2.11. The van der Waals surface area contributed by atoms with E-state index in [1.807, 2.05) is 0 Å². The van der Waals surface area contributed by atoms with Crippen LogP contribution in [-0.4, -0.2) is 12.3 Å². The van der Waals surface area contributed by atoms with E-state index in [0.29, 0.717) is 0 Å². The van der Waals surface area contributed by atoms with Crippen molar-refractivity contribution < 1.29 is 18.6 Å². The largest absolute Gasteiger partial charge is 0.436 e. The van der Waals surface area contributed by atoms with Crippen molar-refractivity contribution in [2.45, 2.75) is 20.1 Å². The van der Waals surface area contributed by atoms with E-state index in [9.17, 15) is 9.36 Å². The SMILES string of the molecule is CC(=O)OC(C)O[PH2]=O. The Morgan fingerprint density at radius 2 is 2.22 bits per heavy atom. The first-order valence-electron chi connectivity index (χ1n) is 2.43. The summed E-state index contributed by atoms with van der Waals surface area (Å²) in [6.07, 6.45) is -0.685. The van der Waals surface area contributed by atoms with Gasteiger partial charge < -0.3 is 4.74 Å². The second-order valence-electron chi connectivity index (χ2n) is 1.41. The first-order chi connectivity index (χ1) is 4.16. The van der Waals surface area contributed by atoms with Gasteiger partial charge in [0.1, 0.15) is 0 Å². The molecule has 0 heterocycles. The molecule has 0 rings (SSSR count). The van der Waals surface area contributed by atoms with Gasteiger partial charge in [-0.2, -0.15) is 0 Å². The number of esters is 1. The van der Waals surface area contributed by atoms with Gasteiger partial charge in [0.25, 0.3) is 0 Å². The Bertz CT molecular complexity index is 113. The maximum Gasteiger partial charge on any atom is 0.304 e. The van der Waals surface area contributed by atoms with E-state index >= 15 is 0 Å². The average molecular weight is 152 g/mol. The van der Waals surface area contributed by atoms with Crippen LogP contribution in [0.3, 0.4) is 0 Å². The van der Waals surface area contributed by atoms with E-state index in [2.05, 4.69) is 9.26 Å². The highest BCUT2D eigenvalue weighted by Crippen LogP contribution is 2.02. The van der Waals surface area contributed by atoms with Crippen molar-refractivity contribution in [2.75, 3.05) is 0 Å². The zero-order valence-electron chi connectivity index (χ0n) is 5.29. The number of hydrogen-bond acceptors (Lipinski definition) is 4. The van der Waals surface area contributed by atoms with Crippen LogP contribution in [0.15, 0.2) is 0 Å². The lowest BCUT2D eigenvalue weighted by atomic mass is 10.7. The summed E-state index contributed by atoms with van der Waals surface area (Å²) in [6.45, 7) is 2.77. The zero-order chi connectivity index (χ0) is 7.28. The van der Waals surface area contributed by atoms with Gasteiger partial charge in [-0.05, 0) is 6.92 Å². The number of rotatable bonds is 3. The molecule has 0 aromatic heterocycles. The summed E-state index contributed by atoms with van der Waals surface area (Å²) in [5.41, 5.74) is 0. The molecule has 0 amide bonds. The lowest BCUT2D eigenvalue weighted by molar-refractivity contribution is -0.157. The van der Waals surface area contributed by atoms with Crippen LogP contribution in [0.1, 0.15) is 13.8 Å². The maximum absolute atomic E-state index is 10.1. The van der Waals surface area contributed by atoms with Crippen molar-refractivity contribution in [3.63, 3.8) is 0 Å². The Labute approximate surface area is 54.4 Å². The highest BCUT2D eigenvalue weighted by atomic mass is 31.1. The third kappa shape index (κ3) is 5.53. The standard InChI is InChI=1S/C4H9O4P/c1-3(5)7-4(2)8-9-6/h4H,9H2,1-2H3. The average Bonchev–Trinajstić information content (AvgIpc) is 1.63. The molecule has 0 fully saturated rings. The summed E-state index contributed by atoms with van der Waals surface area (Å²) in [5.74, 6) is -0.435. The molecule has 4 nitrogen and oxygen atoms in total. The summed E-state index contributed by atoms with van der Waals surface area (Å²) < 4.78 is 18.7. The summed E-state index contributed by atoms with van der Waals surface area (Å²) >= 11 is 0. The fraction of sp³-hybridized carbons (Fsp3) is 0.750. The van der Waals surface area contributed by atoms with Crippen LogP contribution in [-0.2, 0) is 18.6 Å². The second-order valence-corrected chi connectivity index (χ2v) is 1.87. The fourth-order valence-electron chi connectivity index (χ4n) is 0.340. The summed E-state index contributed by atoms with van der Waals surface area (Å²) in [6, 6.07) is 0. The highest BCUT2D eigenvalue weighted by Gasteiger charge is 2.01. The molecule has 2 atom stereocenters. The van der Waals surface area contributed by atoms with Crippen molar-refractivity contribution in [1.82, 2.24) is 0 Å². The van der Waals surface area contributed by atoms with Crippen LogP contribution in [0.2, 0.25) is 0 Å². The molecule has 2 unspecified atom stereocenters. The van der Waals surface area contributed by atoms with Crippen molar-refractivity contribution in [2.24, 2.45) is 0 Å². The fourth-order valence-corrected chi connectivity index (χ4v) is 0.552. The number of hydrogen-bond donors (Lipinski definition) is 0. The molecule has 54 valence electrons. The lowest BCUT2D eigenvalue weighted by Gasteiger charge is -2.06. The van der Waals surface area contributed by atoms with Gasteiger partial charge >= 0.3 is 5.97 Å². The van der Waals surface area contributed by atoms with Crippen molar-refractivity contribution in [3.05, 3.63) is 0 Å². The van der Waals surface area contributed by atoms with Crippen molar-refractivity contribution >= 4 is 14.7 Å². The Balaban J connectivity index is 3.37. The number of carbonyl (C=O) groups excluding carboxylic acids is 1. The molecule has 0 aliphatic rings. The molecule has 0 aromatic rings. The predicted molar refractivity (Wildman–Crippen MR) is 32.7 cm³/mol. The summed E-state index contributed by atoms with van der Waals surface area (Å²) in [5, 5.41) is 0. The maximum atomic E-state index is 10.1. The highest BCUT2D eigenvalue weighted by molar-refractivity contribution is 7.17. The summed E-state index contributed by atoms with van der Waals surface area (Å²) in [7, 11) is -1.30. The monoisotopic (exact) mass is 152 g/mol. The van der Waals surface area contributed by atoms with Crippen LogP contribution in [0.4, 0.5) is 0 Å². The minimum Gasteiger partial charge on any atom is -0.436 e. The molecule has 0 bridgehead atoms. The van der Waals surface area contributed by atoms with Crippen LogP contribution in [0, 0.1) is 0 Å². The smallest absolute Gasteiger partial charge is 0.304 e. The first kappa shape index (κ1) is 8.66. The molecular formula is C4H9O4P. The van der Waals surface area contributed by atoms with Crippen LogP contribution in [0.25, 0.3) is 0 Å². The predicted octanol–water partition coefficient (Wildman–Crippen LogP) is 0.583. The molecule has 5 heteroatoms. The normalized spacial score (nSPS) is 14.0. The topological polar surface area (TPSA) is 52.6 Å². The van der Waals surface area contributed by atoms with Gasteiger partial charge in [-0.1, -0.05) is 0 Å². The first-order valence-corrected chi connectivity index (χ1v) is 3.37. The third-order valence-electron chi connectivity index (χ3n) is 0.579. The molecule has 0 aromatic carbocycles. The van der Waals surface area contributed by atoms with E-state index in [-0.39, 0.29) is 0 Å². The van der Waals surface area contributed by atoms with E-state index in [0.717, 1.165) is 0 Å². The van der Waals surface area contributed by atoms with Gasteiger partial charge in [0.15, 0.2) is 8.69 Å². The minimum atomic E-state index is -1.30. The second kappa shape index (κ2) is 4.53. The molecule has 0 aliphatic carbocycles. The molecule has 9 heavy (non-hydrogen) atoms. The number of carbonyl (C=O) groups is 1. The molecule has 0 N–H and O–H groups in total.